The van der Waals surface area contributed by atoms with Crippen molar-refractivity contribution in [3.05, 3.63) is 60.2 Å². The van der Waals surface area contributed by atoms with Gasteiger partial charge in [0.1, 0.15) is 11.4 Å². The number of nitrogens with zero attached hydrogens (tertiary/aromatic N) is 3. The van der Waals surface area contributed by atoms with Gasteiger partial charge in [-0.25, -0.2) is 4.98 Å². The van der Waals surface area contributed by atoms with Crippen molar-refractivity contribution >= 4 is 39.9 Å². The van der Waals surface area contributed by atoms with Crippen LogP contribution in [0.2, 0.25) is 0 Å². The maximum absolute atomic E-state index is 13.5. The minimum absolute atomic E-state index is 0.0202. The summed E-state index contributed by atoms with van der Waals surface area (Å²) in [7, 11) is 3.84. The Bertz CT molecular complexity index is 1180. The zero-order valence-corrected chi connectivity index (χ0v) is 17.7. The molecule has 5 rings (SSSR count). The van der Waals surface area contributed by atoms with Gasteiger partial charge < -0.3 is 20.4 Å². The first-order chi connectivity index (χ1) is 15.0. The minimum atomic E-state index is -0.680. The van der Waals surface area contributed by atoms with E-state index in [0.29, 0.717) is 31.5 Å². The number of carbonyl (C=O) groups excluding carboxylic acids is 2. The van der Waals surface area contributed by atoms with Crippen molar-refractivity contribution < 1.29 is 9.59 Å². The number of pyridine rings is 1. The van der Waals surface area contributed by atoms with Crippen molar-refractivity contribution in [2.24, 2.45) is 0 Å². The first-order valence-corrected chi connectivity index (χ1v) is 10.5. The lowest BCUT2D eigenvalue weighted by atomic mass is 9.84. The predicted octanol–water partition coefficient (Wildman–Crippen LogP) is 3.34. The van der Waals surface area contributed by atoms with E-state index in [9.17, 15) is 9.59 Å². The van der Waals surface area contributed by atoms with E-state index in [1.807, 2.05) is 78.5 Å². The second-order valence-corrected chi connectivity index (χ2v) is 8.44. The molecule has 0 atom stereocenters. The molecular weight excluding hydrogens is 390 g/mol. The van der Waals surface area contributed by atoms with Gasteiger partial charge in [0.25, 0.3) is 5.91 Å². The van der Waals surface area contributed by atoms with Crippen LogP contribution < -0.4 is 15.5 Å². The molecule has 0 saturated carbocycles. The number of anilines is 3. The van der Waals surface area contributed by atoms with Gasteiger partial charge in [-0.2, -0.15) is 0 Å². The van der Waals surface area contributed by atoms with Gasteiger partial charge in [0.2, 0.25) is 5.91 Å². The van der Waals surface area contributed by atoms with Gasteiger partial charge in [0, 0.05) is 32.6 Å². The van der Waals surface area contributed by atoms with Crippen molar-refractivity contribution in [2.45, 2.75) is 18.4 Å². The van der Waals surface area contributed by atoms with E-state index in [0.717, 1.165) is 28.1 Å². The molecule has 1 aromatic heterocycles. The fourth-order valence-electron chi connectivity index (χ4n) is 4.44. The minimum Gasteiger partial charge on any atom is -0.369 e. The average molecular weight is 415 g/mol. The zero-order valence-electron chi connectivity index (χ0n) is 17.7. The molecule has 2 aliphatic rings. The number of piperidine rings is 1. The van der Waals surface area contributed by atoms with Gasteiger partial charge >= 0.3 is 0 Å². The molecule has 0 radical (unpaired) electrons. The van der Waals surface area contributed by atoms with Crippen LogP contribution in [0.15, 0.2) is 54.6 Å². The first kappa shape index (κ1) is 19.4. The number of likely N-dealkylation sites (tertiary alicyclic amines) is 1. The second kappa shape index (κ2) is 7.27. The van der Waals surface area contributed by atoms with E-state index >= 15 is 0 Å². The molecule has 0 unspecified atom stereocenters. The van der Waals surface area contributed by atoms with Gasteiger partial charge in [-0.15, -0.1) is 0 Å². The molecule has 1 fully saturated rings. The highest BCUT2D eigenvalue weighted by Gasteiger charge is 2.45. The molecule has 3 heterocycles. The number of hydrogen-bond acceptors (Lipinski definition) is 5. The van der Waals surface area contributed by atoms with E-state index in [2.05, 4.69) is 15.6 Å². The highest BCUT2D eigenvalue weighted by Crippen LogP contribution is 2.36. The molecule has 2 amide bonds. The van der Waals surface area contributed by atoms with Crippen molar-refractivity contribution in [3.63, 3.8) is 0 Å². The fourth-order valence-corrected chi connectivity index (χ4v) is 4.44. The third-order valence-electron chi connectivity index (χ3n) is 6.28. The maximum Gasteiger partial charge on any atom is 0.254 e. The molecule has 3 aromatic rings. The zero-order chi connectivity index (χ0) is 21.6. The molecule has 2 aliphatic heterocycles. The Morgan fingerprint density at radius 2 is 1.71 bits per heavy atom. The number of benzene rings is 2. The van der Waals surface area contributed by atoms with E-state index < -0.39 is 5.54 Å². The van der Waals surface area contributed by atoms with Crippen molar-refractivity contribution in [3.8, 4) is 0 Å². The molecule has 7 heteroatoms. The number of carbonyl (C=O) groups is 2. The number of rotatable bonds is 2. The summed E-state index contributed by atoms with van der Waals surface area (Å²) in [6.45, 7) is 1.02. The summed E-state index contributed by atoms with van der Waals surface area (Å²) >= 11 is 0. The number of fused-ring (bicyclic) bond motifs is 2. The number of amides is 2. The monoisotopic (exact) mass is 415 g/mol. The molecule has 1 spiro atoms. The van der Waals surface area contributed by atoms with Crippen LogP contribution in [-0.2, 0) is 4.79 Å². The van der Waals surface area contributed by atoms with Crippen molar-refractivity contribution in [2.75, 3.05) is 42.7 Å². The SMILES string of the molecule is CN(C)c1cc(C(=O)N2CCC3(CC2)Nc2ccccc2NC3=O)c2ccccc2n1. The summed E-state index contributed by atoms with van der Waals surface area (Å²) in [5.74, 6) is 0.705. The number of aromatic nitrogens is 1. The normalized spacial score (nSPS) is 17.1. The highest BCUT2D eigenvalue weighted by atomic mass is 16.2. The number of para-hydroxylation sites is 3. The van der Waals surface area contributed by atoms with Crippen LogP contribution in [0.25, 0.3) is 10.9 Å². The highest BCUT2D eigenvalue weighted by molar-refractivity contribution is 6.08. The Kier molecular flexibility index (Phi) is 4.54. The Morgan fingerprint density at radius 1 is 1.03 bits per heavy atom. The topological polar surface area (TPSA) is 77.6 Å². The summed E-state index contributed by atoms with van der Waals surface area (Å²) in [5, 5.41) is 7.32. The van der Waals surface area contributed by atoms with Crippen LogP contribution in [0, 0.1) is 0 Å². The first-order valence-electron chi connectivity index (χ1n) is 10.5. The molecule has 2 N–H and O–H groups in total. The molecule has 0 aliphatic carbocycles. The second-order valence-electron chi connectivity index (χ2n) is 8.44. The molecule has 0 bridgehead atoms. The van der Waals surface area contributed by atoms with Crippen molar-refractivity contribution in [1.82, 2.24) is 9.88 Å². The average Bonchev–Trinajstić information content (AvgIpc) is 2.79. The quantitative estimate of drug-likeness (QED) is 0.671. The van der Waals surface area contributed by atoms with E-state index in [-0.39, 0.29) is 11.8 Å². The predicted molar refractivity (Wildman–Crippen MR) is 123 cm³/mol. The lowest BCUT2D eigenvalue weighted by molar-refractivity contribution is -0.122. The van der Waals surface area contributed by atoms with Crippen LogP contribution in [0.4, 0.5) is 17.2 Å². The van der Waals surface area contributed by atoms with Crippen LogP contribution in [-0.4, -0.2) is 54.4 Å². The molecule has 2 aromatic carbocycles. The molecule has 7 nitrogen and oxygen atoms in total. The summed E-state index contributed by atoms with van der Waals surface area (Å²) in [4.78, 5) is 34.8. The van der Waals surface area contributed by atoms with Gasteiger partial charge in [-0.05, 0) is 37.1 Å². The molecule has 1 saturated heterocycles. The van der Waals surface area contributed by atoms with Crippen molar-refractivity contribution in [1.29, 1.82) is 0 Å². The van der Waals surface area contributed by atoms with Crippen LogP contribution >= 0.6 is 0 Å². The summed E-state index contributed by atoms with van der Waals surface area (Å²) in [6, 6.07) is 17.3. The Hall–Kier alpha value is -3.61. The molecule has 158 valence electrons. The van der Waals surface area contributed by atoms with E-state index in [4.69, 9.17) is 0 Å². The maximum atomic E-state index is 13.5. The van der Waals surface area contributed by atoms with E-state index in [1.54, 1.807) is 0 Å². The largest absolute Gasteiger partial charge is 0.369 e. The van der Waals surface area contributed by atoms with Gasteiger partial charge in [0.05, 0.1) is 22.5 Å². The summed E-state index contributed by atoms with van der Waals surface area (Å²) < 4.78 is 0. The number of nitrogens with one attached hydrogen (secondary N) is 2. The summed E-state index contributed by atoms with van der Waals surface area (Å²) in [5.41, 5.74) is 2.50. The summed E-state index contributed by atoms with van der Waals surface area (Å²) in [6.07, 6.45) is 1.12. The van der Waals surface area contributed by atoms with Crippen LogP contribution in [0.3, 0.4) is 0 Å². The van der Waals surface area contributed by atoms with Gasteiger partial charge in [0.15, 0.2) is 0 Å². The van der Waals surface area contributed by atoms with Gasteiger partial charge in [-0.3, -0.25) is 9.59 Å². The Morgan fingerprint density at radius 3 is 2.45 bits per heavy atom. The smallest absolute Gasteiger partial charge is 0.254 e. The third kappa shape index (κ3) is 3.26. The lowest BCUT2D eigenvalue weighted by Gasteiger charge is -2.44. The standard InChI is InChI=1S/C24H25N5O2/c1-28(2)21-15-17(16-7-3-4-8-18(16)25-21)22(30)29-13-11-24(12-14-29)23(31)26-19-9-5-6-10-20(19)27-24/h3-10,15,27H,11-14H2,1-2H3,(H,26,31). The Labute approximate surface area is 181 Å². The van der Waals surface area contributed by atoms with Crippen LogP contribution in [0.5, 0.6) is 0 Å². The van der Waals surface area contributed by atoms with E-state index in [1.165, 1.54) is 0 Å². The third-order valence-corrected chi connectivity index (χ3v) is 6.28. The molecular formula is C24H25N5O2. The van der Waals surface area contributed by atoms with Gasteiger partial charge in [-0.1, -0.05) is 30.3 Å². The fraction of sp³-hybridized carbons (Fsp3) is 0.292. The van der Waals surface area contributed by atoms with Crippen LogP contribution in [0.1, 0.15) is 23.2 Å². The molecule has 31 heavy (non-hydrogen) atoms. The number of hydrogen-bond donors (Lipinski definition) is 2. The Balaban J connectivity index is 1.41. The lowest BCUT2D eigenvalue weighted by Crippen LogP contribution is -2.59.